The van der Waals surface area contributed by atoms with Gasteiger partial charge < -0.3 is 20.2 Å². The van der Waals surface area contributed by atoms with Gasteiger partial charge in [-0.1, -0.05) is 18.9 Å². The zero-order valence-electron chi connectivity index (χ0n) is 18.8. The highest BCUT2D eigenvalue weighted by Gasteiger charge is 2.43. The highest BCUT2D eigenvalue weighted by molar-refractivity contribution is 7.08. The molecular formula is C25H27N3O5S. The van der Waals surface area contributed by atoms with Crippen molar-refractivity contribution in [2.45, 2.75) is 44.6 Å². The number of thiophene rings is 1. The molecule has 9 heteroatoms. The van der Waals surface area contributed by atoms with Gasteiger partial charge in [0.1, 0.15) is 6.04 Å². The van der Waals surface area contributed by atoms with Crippen LogP contribution in [0.3, 0.4) is 0 Å². The van der Waals surface area contributed by atoms with Crippen molar-refractivity contribution in [1.29, 1.82) is 0 Å². The quantitative estimate of drug-likeness (QED) is 0.680. The minimum Gasteiger partial charge on any atom is -0.481 e. The lowest BCUT2D eigenvalue weighted by Gasteiger charge is -2.40. The number of piperazine rings is 1. The Kier molecular flexibility index (Phi) is 5.89. The second-order valence-corrected chi connectivity index (χ2v) is 10.4. The summed E-state index contributed by atoms with van der Waals surface area (Å²) in [5.74, 6) is -1.55. The molecule has 2 N–H and O–H groups in total. The van der Waals surface area contributed by atoms with E-state index in [1.807, 2.05) is 29.0 Å². The monoisotopic (exact) mass is 481 g/mol. The number of carbonyl (C=O) groups is 4. The molecule has 1 saturated carbocycles. The van der Waals surface area contributed by atoms with Crippen molar-refractivity contribution in [1.82, 2.24) is 9.80 Å². The lowest BCUT2D eigenvalue weighted by atomic mass is 9.79. The van der Waals surface area contributed by atoms with E-state index in [-0.39, 0.29) is 43.7 Å². The minimum absolute atomic E-state index is 0.0110. The molecule has 3 aliphatic rings. The first-order chi connectivity index (χ1) is 16.3. The molecule has 1 atom stereocenters. The number of nitrogens with zero attached hydrogens (tertiary/aromatic N) is 2. The summed E-state index contributed by atoms with van der Waals surface area (Å²) in [6.07, 6.45) is 3.48. The van der Waals surface area contributed by atoms with Gasteiger partial charge in [-0.15, -0.1) is 0 Å². The molecule has 1 aromatic carbocycles. The molecule has 1 aliphatic carbocycles. The molecule has 2 fully saturated rings. The van der Waals surface area contributed by atoms with Crippen LogP contribution in [0.5, 0.6) is 0 Å². The number of aliphatic carboxylic acids is 1. The van der Waals surface area contributed by atoms with Crippen molar-refractivity contribution in [3.63, 3.8) is 0 Å². The summed E-state index contributed by atoms with van der Waals surface area (Å²) in [6, 6.07) is 6.67. The lowest BCUT2D eigenvalue weighted by molar-refractivity contribution is -0.142. The molecular weight excluding hydrogens is 454 g/mol. The summed E-state index contributed by atoms with van der Waals surface area (Å²) in [5, 5.41) is 16.2. The second kappa shape index (κ2) is 8.87. The van der Waals surface area contributed by atoms with Gasteiger partial charge >= 0.3 is 5.97 Å². The fourth-order valence-corrected chi connectivity index (χ4v) is 6.25. The Hall–Kier alpha value is -3.20. The molecule has 34 heavy (non-hydrogen) atoms. The lowest BCUT2D eigenvalue weighted by Crippen LogP contribution is -2.59. The molecule has 0 radical (unpaired) electrons. The average molecular weight is 482 g/mol. The van der Waals surface area contributed by atoms with Crippen molar-refractivity contribution < 1.29 is 24.3 Å². The Labute approximate surface area is 201 Å². The van der Waals surface area contributed by atoms with Crippen LogP contribution in [-0.4, -0.2) is 64.3 Å². The zero-order valence-corrected chi connectivity index (χ0v) is 19.6. The van der Waals surface area contributed by atoms with Crippen molar-refractivity contribution in [3.8, 4) is 11.1 Å². The van der Waals surface area contributed by atoms with Gasteiger partial charge in [-0.3, -0.25) is 19.2 Å². The number of fused-ring (bicyclic) bond motifs is 2. The average Bonchev–Trinajstić information content (AvgIpc) is 3.49. The molecule has 3 heterocycles. The van der Waals surface area contributed by atoms with Gasteiger partial charge in [-0.25, -0.2) is 0 Å². The maximum atomic E-state index is 13.4. The van der Waals surface area contributed by atoms with E-state index in [1.54, 1.807) is 27.2 Å². The molecule has 5 rings (SSSR count). The van der Waals surface area contributed by atoms with E-state index in [2.05, 4.69) is 5.32 Å². The van der Waals surface area contributed by atoms with Gasteiger partial charge in [0.15, 0.2) is 0 Å². The van der Waals surface area contributed by atoms with Crippen LogP contribution >= 0.6 is 11.3 Å². The van der Waals surface area contributed by atoms with Crippen LogP contribution in [-0.2, 0) is 14.4 Å². The van der Waals surface area contributed by atoms with Gasteiger partial charge in [0.2, 0.25) is 11.8 Å². The first-order valence-electron chi connectivity index (χ1n) is 11.6. The van der Waals surface area contributed by atoms with Crippen LogP contribution in [0.1, 0.15) is 48.9 Å². The third-order valence-corrected chi connectivity index (χ3v) is 8.06. The summed E-state index contributed by atoms with van der Waals surface area (Å²) in [5.41, 5.74) is 2.36. The topological polar surface area (TPSA) is 107 Å². The van der Waals surface area contributed by atoms with E-state index < -0.39 is 17.4 Å². The number of benzene rings is 1. The predicted molar refractivity (Wildman–Crippen MR) is 128 cm³/mol. The normalized spacial score (nSPS) is 21.5. The summed E-state index contributed by atoms with van der Waals surface area (Å²) in [6.45, 7) is 0.707. The molecule has 1 saturated heterocycles. The zero-order chi connectivity index (χ0) is 23.9. The van der Waals surface area contributed by atoms with E-state index in [1.165, 1.54) is 0 Å². The fourth-order valence-electron chi connectivity index (χ4n) is 5.58. The standard InChI is InChI=1S/C25H27N3O5S/c29-21(12-25(13-22(30)31)6-1-2-7-25)27-8-9-28-20(14-27)23(32)26-19-4-3-16(11-18(19)24(28)33)17-5-10-34-15-17/h3-5,10-11,15,20H,1-2,6-9,12-14H2,(H,26,32)(H,30,31)/t20-/m1/s1. The molecule has 0 spiro atoms. The van der Waals surface area contributed by atoms with Crippen LogP contribution in [0.15, 0.2) is 35.0 Å². The van der Waals surface area contributed by atoms with E-state index in [0.29, 0.717) is 17.8 Å². The van der Waals surface area contributed by atoms with Crippen molar-refractivity contribution in [2.75, 3.05) is 25.0 Å². The number of hydrogen-bond donors (Lipinski definition) is 2. The van der Waals surface area contributed by atoms with Crippen molar-refractivity contribution >= 4 is 40.7 Å². The Morgan fingerprint density at radius 2 is 1.88 bits per heavy atom. The van der Waals surface area contributed by atoms with Gasteiger partial charge in [0.05, 0.1) is 24.2 Å². The Bertz CT molecular complexity index is 1140. The third kappa shape index (κ3) is 4.20. The SMILES string of the molecule is O=C(O)CC1(CC(=O)N2CCN3C(=O)c4cc(-c5ccsc5)ccc4NC(=O)[C@H]3C2)CCCC1. The van der Waals surface area contributed by atoms with E-state index in [4.69, 9.17) is 0 Å². The van der Waals surface area contributed by atoms with Crippen LogP contribution in [0.4, 0.5) is 5.69 Å². The number of rotatable bonds is 5. The molecule has 2 aliphatic heterocycles. The first kappa shape index (κ1) is 22.6. The summed E-state index contributed by atoms with van der Waals surface area (Å²) in [7, 11) is 0. The molecule has 0 unspecified atom stereocenters. The highest BCUT2D eigenvalue weighted by Crippen LogP contribution is 2.44. The Morgan fingerprint density at radius 1 is 1.09 bits per heavy atom. The maximum Gasteiger partial charge on any atom is 0.303 e. The van der Waals surface area contributed by atoms with Gasteiger partial charge in [-0.2, -0.15) is 11.3 Å². The Morgan fingerprint density at radius 3 is 2.59 bits per heavy atom. The number of hydrogen-bond acceptors (Lipinski definition) is 5. The summed E-state index contributed by atoms with van der Waals surface area (Å²) < 4.78 is 0. The third-order valence-electron chi connectivity index (χ3n) is 7.38. The van der Waals surface area contributed by atoms with Crippen LogP contribution in [0.25, 0.3) is 11.1 Å². The highest BCUT2D eigenvalue weighted by atomic mass is 32.1. The number of nitrogens with one attached hydrogen (secondary N) is 1. The van der Waals surface area contributed by atoms with Gasteiger partial charge in [0, 0.05) is 19.5 Å². The molecule has 3 amide bonds. The first-order valence-corrected chi connectivity index (χ1v) is 12.6. The van der Waals surface area contributed by atoms with Crippen LogP contribution in [0.2, 0.25) is 0 Å². The predicted octanol–water partition coefficient (Wildman–Crippen LogP) is 3.45. The number of anilines is 1. The smallest absolute Gasteiger partial charge is 0.303 e. The summed E-state index contributed by atoms with van der Waals surface area (Å²) >= 11 is 1.58. The molecule has 2 aromatic rings. The number of carbonyl (C=O) groups excluding carboxylic acids is 3. The van der Waals surface area contributed by atoms with Crippen LogP contribution in [0, 0.1) is 5.41 Å². The molecule has 178 valence electrons. The molecule has 1 aromatic heterocycles. The number of carboxylic acids is 1. The van der Waals surface area contributed by atoms with Gasteiger partial charge in [-0.05, 0) is 58.3 Å². The minimum atomic E-state index is -0.882. The number of amides is 3. The fraction of sp³-hybridized carbons (Fsp3) is 0.440. The van der Waals surface area contributed by atoms with Crippen LogP contribution < -0.4 is 5.32 Å². The van der Waals surface area contributed by atoms with E-state index >= 15 is 0 Å². The second-order valence-electron chi connectivity index (χ2n) is 9.57. The largest absolute Gasteiger partial charge is 0.481 e. The van der Waals surface area contributed by atoms with E-state index in [9.17, 15) is 24.3 Å². The van der Waals surface area contributed by atoms with Gasteiger partial charge in [0.25, 0.3) is 5.91 Å². The maximum absolute atomic E-state index is 13.4. The van der Waals surface area contributed by atoms with Crippen molar-refractivity contribution in [3.05, 3.63) is 40.6 Å². The van der Waals surface area contributed by atoms with E-state index in [0.717, 1.165) is 36.8 Å². The molecule has 0 bridgehead atoms. The Balaban J connectivity index is 1.34. The van der Waals surface area contributed by atoms with Crippen molar-refractivity contribution in [2.24, 2.45) is 5.41 Å². The molecule has 8 nitrogen and oxygen atoms in total. The number of carboxylic acid groups (broad SMARTS) is 1. The summed E-state index contributed by atoms with van der Waals surface area (Å²) in [4.78, 5) is 54.3.